The highest BCUT2D eigenvalue weighted by molar-refractivity contribution is 5.01. The molecule has 1 aliphatic carbocycles. The Morgan fingerprint density at radius 1 is 1.17 bits per heavy atom. The van der Waals surface area contributed by atoms with E-state index < -0.39 is 0 Å². The third kappa shape index (κ3) is 2.02. The van der Waals surface area contributed by atoms with Crippen molar-refractivity contribution in [2.45, 2.75) is 60.3 Å². The van der Waals surface area contributed by atoms with Crippen molar-refractivity contribution in [2.24, 2.45) is 16.7 Å². The third-order valence-electron chi connectivity index (χ3n) is 3.63. The van der Waals surface area contributed by atoms with Crippen LogP contribution < -0.4 is 0 Å². The summed E-state index contributed by atoms with van der Waals surface area (Å²) in [5, 5.41) is 0. The monoisotopic (exact) mass is 168 g/mol. The maximum absolute atomic E-state index is 2.36. The van der Waals surface area contributed by atoms with Gasteiger partial charge in [-0.2, -0.15) is 0 Å². The molecule has 0 aromatic carbocycles. The van der Waals surface area contributed by atoms with Gasteiger partial charge in [-0.15, -0.1) is 0 Å². The molecule has 0 aliphatic heterocycles. The first-order valence-electron chi connectivity index (χ1n) is 5.43. The van der Waals surface area contributed by atoms with Crippen molar-refractivity contribution in [3.63, 3.8) is 0 Å². The van der Waals surface area contributed by atoms with Crippen LogP contribution in [0.1, 0.15) is 60.3 Å². The molecule has 1 atom stereocenters. The predicted octanol–water partition coefficient (Wildman–Crippen LogP) is 4.25. The number of hydrogen-bond donors (Lipinski definition) is 0. The second kappa shape index (κ2) is 3.05. The lowest BCUT2D eigenvalue weighted by Gasteiger charge is -2.20. The molecule has 0 bridgehead atoms. The summed E-state index contributed by atoms with van der Waals surface area (Å²) in [6, 6.07) is 0. The molecule has 0 spiro atoms. The van der Waals surface area contributed by atoms with E-state index in [1.54, 1.807) is 0 Å². The van der Waals surface area contributed by atoms with Crippen molar-refractivity contribution in [3.05, 3.63) is 0 Å². The van der Waals surface area contributed by atoms with Gasteiger partial charge in [-0.3, -0.25) is 0 Å². The Labute approximate surface area is 77.7 Å². The maximum Gasteiger partial charge on any atom is -0.0271 e. The van der Waals surface area contributed by atoms with E-state index in [1.807, 2.05) is 0 Å². The summed E-state index contributed by atoms with van der Waals surface area (Å²) < 4.78 is 0. The molecule has 0 heteroatoms. The van der Waals surface area contributed by atoms with E-state index in [0.29, 0.717) is 5.41 Å². The zero-order valence-corrected chi connectivity index (χ0v) is 9.41. The van der Waals surface area contributed by atoms with E-state index in [-0.39, 0.29) is 0 Å². The Kier molecular flexibility index (Phi) is 2.56. The summed E-state index contributed by atoms with van der Waals surface area (Å²) in [5.41, 5.74) is 1.30. The molecule has 0 radical (unpaired) electrons. The van der Waals surface area contributed by atoms with Gasteiger partial charge >= 0.3 is 0 Å². The first-order chi connectivity index (χ1) is 5.43. The molecule has 0 N–H and O–H groups in total. The molecule has 0 amide bonds. The Hall–Kier alpha value is 0. The third-order valence-corrected chi connectivity index (χ3v) is 3.63. The average molecular weight is 168 g/mol. The highest BCUT2D eigenvalue weighted by Gasteiger charge is 2.51. The average Bonchev–Trinajstić information content (AvgIpc) is 2.60. The second-order valence-corrected chi connectivity index (χ2v) is 5.74. The van der Waals surface area contributed by atoms with Gasteiger partial charge in [0.25, 0.3) is 0 Å². The van der Waals surface area contributed by atoms with E-state index >= 15 is 0 Å². The Balaban J connectivity index is 2.41. The normalized spacial score (nSPS) is 27.2. The lowest BCUT2D eigenvalue weighted by atomic mass is 9.85. The van der Waals surface area contributed by atoms with Crippen molar-refractivity contribution in [1.29, 1.82) is 0 Å². The van der Waals surface area contributed by atoms with Crippen LogP contribution in [0.2, 0.25) is 0 Å². The Morgan fingerprint density at radius 2 is 1.67 bits per heavy atom. The van der Waals surface area contributed by atoms with Crippen LogP contribution in [0.4, 0.5) is 0 Å². The van der Waals surface area contributed by atoms with Crippen molar-refractivity contribution < 1.29 is 0 Å². The van der Waals surface area contributed by atoms with Crippen LogP contribution >= 0.6 is 0 Å². The summed E-state index contributed by atoms with van der Waals surface area (Å²) >= 11 is 0. The van der Waals surface area contributed by atoms with Crippen LogP contribution in [0.5, 0.6) is 0 Å². The minimum Gasteiger partial charge on any atom is -0.0648 e. The minimum atomic E-state index is 0.538. The maximum atomic E-state index is 2.36. The first-order valence-corrected chi connectivity index (χ1v) is 5.43. The molecule has 1 fully saturated rings. The van der Waals surface area contributed by atoms with Crippen molar-refractivity contribution >= 4 is 0 Å². The van der Waals surface area contributed by atoms with Crippen molar-refractivity contribution in [3.8, 4) is 0 Å². The van der Waals surface area contributed by atoms with Gasteiger partial charge in [-0.05, 0) is 29.6 Å². The van der Waals surface area contributed by atoms with Crippen molar-refractivity contribution in [2.75, 3.05) is 0 Å². The van der Waals surface area contributed by atoms with Crippen LogP contribution in [0.25, 0.3) is 0 Å². The van der Waals surface area contributed by atoms with E-state index in [2.05, 4.69) is 34.6 Å². The zero-order valence-electron chi connectivity index (χ0n) is 9.41. The Morgan fingerprint density at radius 3 is 1.92 bits per heavy atom. The quantitative estimate of drug-likeness (QED) is 0.591. The van der Waals surface area contributed by atoms with Gasteiger partial charge in [0.2, 0.25) is 0 Å². The fraction of sp³-hybridized carbons (Fsp3) is 1.00. The molecule has 0 aromatic heterocycles. The summed E-state index contributed by atoms with van der Waals surface area (Å²) in [5.74, 6) is 1.03. The Bertz CT molecular complexity index is 146. The lowest BCUT2D eigenvalue weighted by Crippen LogP contribution is -2.10. The van der Waals surface area contributed by atoms with Gasteiger partial charge in [0, 0.05) is 0 Å². The number of rotatable bonds is 3. The lowest BCUT2D eigenvalue weighted by molar-refractivity contribution is 0.304. The molecule has 1 aliphatic rings. The van der Waals surface area contributed by atoms with E-state index in [0.717, 1.165) is 11.3 Å². The molecule has 1 saturated carbocycles. The first kappa shape index (κ1) is 10.1. The van der Waals surface area contributed by atoms with Crippen LogP contribution in [0.3, 0.4) is 0 Å². The SMILES string of the molecule is CCC1(CC)CC1CC(C)(C)C. The molecule has 12 heavy (non-hydrogen) atoms. The highest BCUT2D eigenvalue weighted by Crippen LogP contribution is 2.61. The summed E-state index contributed by atoms with van der Waals surface area (Å²) in [6.07, 6.45) is 5.71. The van der Waals surface area contributed by atoms with Gasteiger partial charge in [-0.25, -0.2) is 0 Å². The van der Waals surface area contributed by atoms with Gasteiger partial charge in [-0.1, -0.05) is 47.5 Å². The summed E-state index contributed by atoms with van der Waals surface area (Å²) in [7, 11) is 0. The largest absolute Gasteiger partial charge is 0.0648 e. The van der Waals surface area contributed by atoms with Gasteiger partial charge in [0.05, 0.1) is 0 Å². The van der Waals surface area contributed by atoms with Crippen molar-refractivity contribution in [1.82, 2.24) is 0 Å². The number of hydrogen-bond acceptors (Lipinski definition) is 0. The van der Waals surface area contributed by atoms with Gasteiger partial charge in [0.1, 0.15) is 0 Å². The van der Waals surface area contributed by atoms with Crippen LogP contribution in [-0.2, 0) is 0 Å². The second-order valence-electron chi connectivity index (χ2n) is 5.74. The summed E-state index contributed by atoms with van der Waals surface area (Å²) in [4.78, 5) is 0. The predicted molar refractivity (Wildman–Crippen MR) is 55.2 cm³/mol. The summed E-state index contributed by atoms with van der Waals surface area (Å²) in [6.45, 7) is 11.8. The molecular formula is C12H24. The van der Waals surface area contributed by atoms with E-state index in [9.17, 15) is 0 Å². The molecule has 0 nitrogen and oxygen atoms in total. The topological polar surface area (TPSA) is 0 Å². The van der Waals surface area contributed by atoms with E-state index in [1.165, 1.54) is 25.7 Å². The molecule has 1 rings (SSSR count). The fourth-order valence-corrected chi connectivity index (χ4v) is 2.58. The standard InChI is InChI=1S/C12H24/c1-6-12(7-2)9-10(12)8-11(3,4)5/h10H,6-9H2,1-5H3. The van der Waals surface area contributed by atoms with Crippen LogP contribution in [-0.4, -0.2) is 0 Å². The van der Waals surface area contributed by atoms with Crippen LogP contribution in [0, 0.1) is 16.7 Å². The molecule has 0 heterocycles. The van der Waals surface area contributed by atoms with Gasteiger partial charge < -0.3 is 0 Å². The van der Waals surface area contributed by atoms with Gasteiger partial charge in [0.15, 0.2) is 0 Å². The van der Waals surface area contributed by atoms with E-state index in [4.69, 9.17) is 0 Å². The molecule has 0 saturated heterocycles. The minimum absolute atomic E-state index is 0.538. The smallest absolute Gasteiger partial charge is 0.0271 e. The fourth-order valence-electron chi connectivity index (χ4n) is 2.58. The zero-order chi connectivity index (χ0) is 9.41. The molecule has 72 valence electrons. The molecule has 1 unspecified atom stereocenters. The highest BCUT2D eigenvalue weighted by atomic mass is 14.6. The van der Waals surface area contributed by atoms with Crippen LogP contribution in [0.15, 0.2) is 0 Å². The molecule has 0 aromatic rings. The molecular weight excluding hydrogens is 144 g/mol.